The first-order chi connectivity index (χ1) is 20.9. The molecular weight excluding hydrogens is 511 g/mol. The van der Waals surface area contributed by atoms with Crippen LogP contribution in [0.15, 0.2) is 140 Å². The molecule has 0 fully saturated rings. The van der Waals surface area contributed by atoms with E-state index in [0.29, 0.717) is 0 Å². The highest BCUT2D eigenvalue weighted by Gasteiger charge is 2.49. The number of nitrogens with zero attached hydrogens (tertiary/aromatic N) is 2. The number of fused-ring (bicyclic) bond motifs is 4. The minimum Gasteiger partial charge on any atom is -0.458 e. The molecule has 3 aliphatic heterocycles. The van der Waals surface area contributed by atoms with E-state index in [-0.39, 0.29) is 6.71 Å². The van der Waals surface area contributed by atoms with Gasteiger partial charge in [-0.3, -0.25) is 0 Å². The van der Waals surface area contributed by atoms with Crippen molar-refractivity contribution in [2.24, 2.45) is 0 Å². The van der Waals surface area contributed by atoms with Crippen LogP contribution in [-0.2, 0) is 0 Å². The molecule has 0 N–H and O–H groups in total. The van der Waals surface area contributed by atoms with Crippen LogP contribution in [0, 0.1) is 0 Å². The van der Waals surface area contributed by atoms with Gasteiger partial charge in [0.2, 0.25) is 0 Å². The van der Waals surface area contributed by atoms with Crippen LogP contribution in [0.3, 0.4) is 0 Å². The van der Waals surface area contributed by atoms with E-state index in [1.165, 1.54) is 60.7 Å². The van der Waals surface area contributed by atoms with E-state index in [1.807, 2.05) is 0 Å². The number of ether oxygens (including phenoxy) is 1. The lowest BCUT2D eigenvalue weighted by atomic mass is 9.32. The van der Waals surface area contributed by atoms with E-state index < -0.39 is 0 Å². The van der Waals surface area contributed by atoms with E-state index in [4.69, 9.17) is 4.74 Å². The van der Waals surface area contributed by atoms with Gasteiger partial charge >= 0.3 is 0 Å². The van der Waals surface area contributed by atoms with Crippen molar-refractivity contribution in [1.82, 2.24) is 0 Å². The Hall–Kier alpha value is -5.48. The monoisotopic (exact) mass is 534 g/mol. The lowest BCUT2D eigenvalue weighted by Crippen LogP contribution is -2.63. The second kappa shape index (κ2) is 8.05. The second-order valence-corrected chi connectivity index (χ2v) is 11.3. The van der Waals surface area contributed by atoms with Crippen LogP contribution in [0.1, 0.15) is 0 Å². The van der Waals surface area contributed by atoms with Crippen LogP contribution >= 0.6 is 0 Å². The molecule has 10 rings (SSSR count). The number of anilines is 6. The molecular formula is C38H23BN2O. The lowest BCUT2D eigenvalue weighted by Gasteiger charge is -2.47. The zero-order valence-electron chi connectivity index (χ0n) is 22.7. The topological polar surface area (TPSA) is 15.7 Å². The molecule has 194 valence electrons. The van der Waals surface area contributed by atoms with Gasteiger partial charge in [0.25, 0.3) is 6.71 Å². The van der Waals surface area contributed by atoms with Crippen molar-refractivity contribution in [3.63, 3.8) is 0 Å². The summed E-state index contributed by atoms with van der Waals surface area (Å²) in [4.78, 5) is 4.92. The van der Waals surface area contributed by atoms with Crippen LogP contribution in [0.2, 0.25) is 0 Å². The highest BCUT2D eigenvalue weighted by Crippen LogP contribution is 2.51. The molecule has 42 heavy (non-hydrogen) atoms. The summed E-state index contributed by atoms with van der Waals surface area (Å²) in [6.07, 6.45) is 0. The summed E-state index contributed by atoms with van der Waals surface area (Å²) in [6, 6.07) is 50.2. The van der Waals surface area contributed by atoms with Crippen molar-refractivity contribution in [3.8, 4) is 11.5 Å². The molecule has 3 aliphatic rings. The Labute approximate surface area is 243 Å². The molecule has 0 saturated carbocycles. The maximum absolute atomic E-state index is 6.98. The molecule has 0 aromatic heterocycles. The highest BCUT2D eigenvalue weighted by molar-refractivity contribution is 7.02. The smallest absolute Gasteiger partial charge is 0.261 e. The van der Waals surface area contributed by atoms with Crippen molar-refractivity contribution < 1.29 is 4.74 Å². The molecule has 0 unspecified atom stereocenters. The zero-order valence-corrected chi connectivity index (χ0v) is 22.7. The fraction of sp³-hybridized carbons (Fsp3) is 0. The van der Waals surface area contributed by atoms with Crippen LogP contribution < -0.4 is 30.9 Å². The first-order valence-corrected chi connectivity index (χ1v) is 14.5. The van der Waals surface area contributed by atoms with E-state index in [9.17, 15) is 0 Å². The molecule has 0 atom stereocenters. The van der Waals surface area contributed by atoms with Gasteiger partial charge in [-0.2, -0.15) is 0 Å². The SMILES string of the molecule is c1ccc(N2c3cccc4c3B3c5c(cc6ccccc6c52)Oc2cc5ccccc5c(c23)N4c2ccccc2)cc1. The zero-order chi connectivity index (χ0) is 27.4. The van der Waals surface area contributed by atoms with Crippen molar-refractivity contribution in [2.45, 2.75) is 0 Å². The minimum atomic E-state index is 0.0501. The summed E-state index contributed by atoms with van der Waals surface area (Å²) in [6.45, 7) is 0.0501. The highest BCUT2D eigenvalue weighted by atomic mass is 16.5. The predicted octanol–water partition coefficient (Wildman–Crippen LogP) is 8.18. The molecule has 0 amide bonds. The van der Waals surface area contributed by atoms with Gasteiger partial charge in [-0.05, 0) is 75.7 Å². The van der Waals surface area contributed by atoms with E-state index in [2.05, 4.69) is 149 Å². The van der Waals surface area contributed by atoms with E-state index in [0.717, 1.165) is 22.9 Å². The first kappa shape index (κ1) is 22.2. The molecule has 3 heterocycles. The van der Waals surface area contributed by atoms with Crippen molar-refractivity contribution >= 4 is 78.8 Å². The third-order valence-corrected chi connectivity index (χ3v) is 9.15. The molecule has 0 spiro atoms. The molecule has 3 nitrogen and oxygen atoms in total. The molecule has 0 bridgehead atoms. The fourth-order valence-corrected chi connectivity index (χ4v) is 7.56. The molecule has 0 radical (unpaired) electrons. The summed E-state index contributed by atoms with van der Waals surface area (Å²) in [7, 11) is 0. The summed E-state index contributed by atoms with van der Waals surface area (Å²) in [5.41, 5.74) is 10.9. The summed E-state index contributed by atoms with van der Waals surface area (Å²) in [5, 5.41) is 4.82. The Morgan fingerprint density at radius 3 is 1.38 bits per heavy atom. The quantitative estimate of drug-likeness (QED) is 0.208. The van der Waals surface area contributed by atoms with Gasteiger partial charge in [-0.15, -0.1) is 0 Å². The van der Waals surface area contributed by atoms with Crippen LogP contribution in [0.5, 0.6) is 11.5 Å². The van der Waals surface area contributed by atoms with Crippen molar-refractivity contribution in [1.29, 1.82) is 0 Å². The summed E-state index contributed by atoms with van der Waals surface area (Å²) < 4.78 is 6.98. The predicted molar refractivity (Wildman–Crippen MR) is 176 cm³/mol. The number of hydrogen-bond acceptors (Lipinski definition) is 3. The third-order valence-electron chi connectivity index (χ3n) is 9.15. The Morgan fingerprint density at radius 1 is 0.429 bits per heavy atom. The van der Waals surface area contributed by atoms with Crippen molar-refractivity contribution in [2.75, 3.05) is 9.80 Å². The Kier molecular flexibility index (Phi) is 4.26. The lowest BCUT2D eigenvalue weighted by molar-refractivity contribution is 0.489. The van der Waals surface area contributed by atoms with Crippen molar-refractivity contribution in [3.05, 3.63) is 140 Å². The maximum Gasteiger partial charge on any atom is 0.261 e. The number of benzene rings is 7. The molecule has 4 heteroatoms. The summed E-state index contributed by atoms with van der Waals surface area (Å²) >= 11 is 0. The first-order valence-electron chi connectivity index (χ1n) is 14.5. The number of para-hydroxylation sites is 2. The van der Waals surface area contributed by atoms with E-state index in [1.54, 1.807) is 0 Å². The van der Waals surface area contributed by atoms with Crippen LogP contribution in [0.4, 0.5) is 34.1 Å². The van der Waals surface area contributed by atoms with Crippen LogP contribution in [0.25, 0.3) is 21.5 Å². The standard InChI is InChI=1S/C38H23BN2O/c1-3-14-26(15-4-1)40-30-20-11-21-31-34(30)39-35-32(22-24-12-7-9-18-28(24)37(35)40)42-33-23-25-13-8-10-19-29(25)38(36(33)39)41(31)27-16-5-2-6-17-27/h1-23H. The fourth-order valence-electron chi connectivity index (χ4n) is 7.56. The Bertz CT molecular complexity index is 2090. The van der Waals surface area contributed by atoms with Gasteiger partial charge in [0.15, 0.2) is 0 Å². The maximum atomic E-state index is 6.98. The van der Waals surface area contributed by atoms with E-state index >= 15 is 0 Å². The Balaban J connectivity index is 1.42. The summed E-state index contributed by atoms with van der Waals surface area (Å²) in [5.74, 6) is 1.88. The largest absolute Gasteiger partial charge is 0.458 e. The van der Waals surface area contributed by atoms with Gasteiger partial charge in [0.05, 0.1) is 11.4 Å². The molecule has 0 saturated heterocycles. The average Bonchev–Trinajstić information content (AvgIpc) is 3.05. The Morgan fingerprint density at radius 2 is 0.881 bits per heavy atom. The number of hydrogen-bond donors (Lipinski definition) is 0. The normalized spacial score (nSPS) is 13.8. The molecule has 7 aromatic rings. The second-order valence-electron chi connectivity index (χ2n) is 11.3. The van der Waals surface area contributed by atoms with Gasteiger partial charge in [0.1, 0.15) is 11.5 Å². The molecule has 7 aromatic carbocycles. The third kappa shape index (κ3) is 2.76. The van der Waals surface area contributed by atoms with Gasteiger partial charge in [-0.1, -0.05) is 91.0 Å². The molecule has 0 aliphatic carbocycles. The van der Waals surface area contributed by atoms with Gasteiger partial charge < -0.3 is 14.5 Å². The van der Waals surface area contributed by atoms with Gasteiger partial charge in [0, 0.05) is 33.5 Å². The number of rotatable bonds is 2. The van der Waals surface area contributed by atoms with Gasteiger partial charge in [-0.25, -0.2) is 0 Å². The average molecular weight is 534 g/mol. The minimum absolute atomic E-state index is 0.0501. The van der Waals surface area contributed by atoms with Crippen LogP contribution in [-0.4, -0.2) is 6.71 Å².